The predicted molar refractivity (Wildman–Crippen MR) is 134 cm³/mol. The van der Waals surface area contributed by atoms with Crippen molar-refractivity contribution >= 4 is 28.7 Å². The number of nitrogens with one attached hydrogen (secondary N) is 1. The Kier molecular flexibility index (Phi) is 6.70. The number of imidazole rings is 1. The highest BCUT2D eigenvalue weighted by molar-refractivity contribution is 6.33. The molecule has 35 heavy (non-hydrogen) atoms. The molecular formula is C26H31ClN4O4. The Bertz CT molecular complexity index is 1200. The molecular weight excluding hydrogens is 468 g/mol. The lowest BCUT2D eigenvalue weighted by Gasteiger charge is -2.39. The lowest BCUT2D eigenvalue weighted by molar-refractivity contribution is -0.142. The third kappa shape index (κ3) is 5.01. The van der Waals surface area contributed by atoms with E-state index in [1.54, 1.807) is 0 Å². The molecule has 0 bridgehead atoms. The normalized spacial score (nSPS) is 25.4. The van der Waals surface area contributed by atoms with Crippen LogP contribution in [0.15, 0.2) is 30.3 Å². The van der Waals surface area contributed by atoms with Crippen LogP contribution >= 0.6 is 11.6 Å². The minimum atomic E-state index is -0.679. The van der Waals surface area contributed by atoms with Crippen molar-refractivity contribution in [2.45, 2.75) is 56.8 Å². The molecule has 2 aromatic heterocycles. The molecule has 186 valence electrons. The maximum Gasteiger partial charge on any atom is 0.306 e. The van der Waals surface area contributed by atoms with Gasteiger partial charge in [0.25, 0.3) is 6.01 Å². The number of aliphatic hydroxyl groups is 1. The highest BCUT2D eigenvalue weighted by Gasteiger charge is 2.37. The quantitative estimate of drug-likeness (QED) is 0.406. The Hall–Kier alpha value is -2.68. The van der Waals surface area contributed by atoms with Crippen molar-refractivity contribution in [3.63, 3.8) is 0 Å². The van der Waals surface area contributed by atoms with Gasteiger partial charge in [0.1, 0.15) is 12.3 Å². The lowest BCUT2D eigenvalue weighted by atomic mass is 9.78. The van der Waals surface area contributed by atoms with Gasteiger partial charge in [-0.15, -0.1) is 0 Å². The summed E-state index contributed by atoms with van der Waals surface area (Å²) in [6, 6.07) is 10.5. The van der Waals surface area contributed by atoms with Gasteiger partial charge in [-0.1, -0.05) is 35.9 Å². The van der Waals surface area contributed by atoms with Gasteiger partial charge in [0.15, 0.2) is 5.65 Å². The second-order valence-electron chi connectivity index (χ2n) is 10.1. The smallest absolute Gasteiger partial charge is 0.306 e. The van der Waals surface area contributed by atoms with Crippen LogP contribution in [0.2, 0.25) is 5.02 Å². The number of halogens is 1. The van der Waals surface area contributed by atoms with Crippen molar-refractivity contribution in [1.29, 1.82) is 0 Å². The molecule has 0 spiro atoms. The van der Waals surface area contributed by atoms with Gasteiger partial charge in [-0.25, -0.2) is 4.98 Å². The largest absolute Gasteiger partial charge is 0.481 e. The molecule has 0 radical (unpaired) electrons. The molecule has 0 amide bonds. The van der Waals surface area contributed by atoms with Crippen molar-refractivity contribution in [1.82, 2.24) is 19.9 Å². The molecule has 1 atom stereocenters. The van der Waals surface area contributed by atoms with Crippen molar-refractivity contribution < 1.29 is 19.7 Å². The van der Waals surface area contributed by atoms with E-state index in [1.807, 2.05) is 37.2 Å². The number of carboxylic acids is 1. The molecule has 0 aliphatic heterocycles. The van der Waals surface area contributed by atoms with Crippen LogP contribution in [-0.2, 0) is 4.79 Å². The summed E-state index contributed by atoms with van der Waals surface area (Å²) in [6.07, 6.45) is 4.36. The molecule has 9 heteroatoms. The van der Waals surface area contributed by atoms with E-state index in [0.29, 0.717) is 33.8 Å². The van der Waals surface area contributed by atoms with Crippen molar-refractivity contribution in [3.05, 3.63) is 40.9 Å². The zero-order chi connectivity index (χ0) is 24.7. The summed E-state index contributed by atoms with van der Waals surface area (Å²) >= 11 is 6.57. The van der Waals surface area contributed by atoms with Crippen LogP contribution in [0.4, 0.5) is 0 Å². The number of carbonyl (C=O) groups is 1. The first-order chi connectivity index (χ1) is 16.8. The number of ether oxygens (including phenoxy) is 1. The summed E-state index contributed by atoms with van der Waals surface area (Å²) < 4.78 is 5.97. The number of rotatable bonds is 7. The summed E-state index contributed by atoms with van der Waals surface area (Å²) in [7, 11) is 3.73. The van der Waals surface area contributed by atoms with Crippen LogP contribution in [0.5, 0.6) is 6.01 Å². The Morgan fingerprint density at radius 1 is 1.14 bits per heavy atom. The number of aliphatic hydroxyl groups excluding tert-OH is 1. The molecule has 2 heterocycles. The highest BCUT2D eigenvalue weighted by atomic mass is 35.5. The zero-order valence-electron chi connectivity index (χ0n) is 19.9. The minimum absolute atomic E-state index is 0.0169. The molecule has 3 N–H and O–H groups in total. The van der Waals surface area contributed by atoms with Gasteiger partial charge in [-0.2, -0.15) is 4.98 Å². The molecule has 0 saturated heterocycles. The number of hydrogen-bond donors (Lipinski definition) is 3. The fourth-order valence-corrected chi connectivity index (χ4v) is 5.53. The zero-order valence-corrected chi connectivity index (χ0v) is 20.7. The number of aromatic nitrogens is 3. The number of hydrogen-bond acceptors (Lipinski definition) is 6. The van der Waals surface area contributed by atoms with Crippen LogP contribution in [0.3, 0.4) is 0 Å². The summed E-state index contributed by atoms with van der Waals surface area (Å²) in [4.78, 5) is 25.4. The Balaban J connectivity index is 1.26. The molecule has 2 fully saturated rings. The van der Waals surface area contributed by atoms with Gasteiger partial charge in [0, 0.05) is 11.5 Å². The van der Waals surface area contributed by atoms with Crippen molar-refractivity contribution in [2.24, 2.45) is 11.8 Å². The fraction of sp³-hybridized carbons (Fsp3) is 0.500. The van der Waals surface area contributed by atoms with Gasteiger partial charge < -0.3 is 19.9 Å². The number of carboxylic acid groups (broad SMARTS) is 1. The number of benzene rings is 1. The second kappa shape index (κ2) is 9.76. The van der Waals surface area contributed by atoms with Crippen LogP contribution in [0.1, 0.15) is 50.0 Å². The van der Waals surface area contributed by atoms with E-state index in [0.717, 1.165) is 44.1 Å². The first-order valence-corrected chi connectivity index (χ1v) is 12.6. The number of H-pyrrole nitrogens is 1. The van der Waals surface area contributed by atoms with Gasteiger partial charge in [-0.3, -0.25) is 9.69 Å². The maximum atomic E-state index is 11.2. The average molecular weight is 499 g/mol. The third-order valence-corrected chi connectivity index (χ3v) is 7.79. The Morgan fingerprint density at radius 2 is 1.83 bits per heavy atom. The van der Waals surface area contributed by atoms with Crippen LogP contribution in [-0.4, -0.2) is 62.5 Å². The first-order valence-electron chi connectivity index (χ1n) is 12.2. The highest BCUT2D eigenvalue weighted by Crippen LogP contribution is 2.38. The molecule has 5 rings (SSSR count). The molecule has 2 aliphatic rings. The number of nitrogens with zero attached hydrogens (tertiary/aromatic N) is 3. The SMILES string of the molecule is CN(C)C(O)C1CC(Oc2nc3nc(-c4ccc([C@H]5CC[C@H](C(=O)O)CC5)cc4)c(Cl)cc3[nH]2)C1. The lowest BCUT2D eigenvalue weighted by Crippen LogP contribution is -2.46. The van der Waals surface area contributed by atoms with Gasteiger partial charge in [-0.05, 0) is 70.2 Å². The minimum Gasteiger partial charge on any atom is -0.481 e. The third-order valence-electron chi connectivity index (χ3n) is 7.50. The topological polar surface area (TPSA) is 112 Å². The predicted octanol–water partition coefficient (Wildman–Crippen LogP) is 4.67. The number of aliphatic carboxylic acids is 1. The van der Waals surface area contributed by atoms with E-state index in [4.69, 9.17) is 16.3 Å². The van der Waals surface area contributed by atoms with E-state index in [-0.39, 0.29) is 17.9 Å². The van der Waals surface area contributed by atoms with E-state index < -0.39 is 12.2 Å². The number of aromatic amines is 1. The molecule has 1 aromatic carbocycles. The van der Waals surface area contributed by atoms with Crippen molar-refractivity contribution in [3.8, 4) is 17.3 Å². The van der Waals surface area contributed by atoms with Crippen LogP contribution < -0.4 is 4.74 Å². The Morgan fingerprint density at radius 3 is 2.46 bits per heavy atom. The van der Waals surface area contributed by atoms with E-state index in [1.165, 1.54) is 5.56 Å². The van der Waals surface area contributed by atoms with E-state index in [2.05, 4.69) is 27.1 Å². The van der Waals surface area contributed by atoms with Gasteiger partial charge in [0.05, 0.1) is 22.2 Å². The number of pyridine rings is 1. The molecule has 2 aliphatic carbocycles. The molecule has 8 nitrogen and oxygen atoms in total. The van der Waals surface area contributed by atoms with Crippen LogP contribution in [0.25, 0.3) is 22.4 Å². The van der Waals surface area contributed by atoms with Crippen LogP contribution in [0, 0.1) is 11.8 Å². The standard InChI is InChI=1S/C26H31ClN4O4/c1-31(2)24(32)18-11-19(12-18)35-26-28-21-13-20(27)22(29-23(21)30-26)16-7-3-14(4-8-16)15-5-9-17(10-6-15)25(33)34/h3-4,7-8,13,15,17-19,24,32H,5-6,9-12H2,1-2H3,(H,33,34)(H,28,29,30)/t15-,17-,18?,19?,24?. The average Bonchev–Trinajstić information content (AvgIpc) is 3.21. The first kappa shape index (κ1) is 24.0. The van der Waals surface area contributed by atoms with Crippen molar-refractivity contribution in [2.75, 3.05) is 14.1 Å². The second-order valence-corrected chi connectivity index (χ2v) is 10.5. The van der Waals surface area contributed by atoms with E-state index >= 15 is 0 Å². The summed E-state index contributed by atoms with van der Waals surface area (Å²) in [5.41, 5.74) is 4.05. The maximum absolute atomic E-state index is 11.2. The molecule has 3 aromatic rings. The van der Waals surface area contributed by atoms with Gasteiger partial charge in [0.2, 0.25) is 0 Å². The summed E-state index contributed by atoms with van der Waals surface area (Å²) in [5, 5.41) is 19.9. The monoisotopic (exact) mass is 498 g/mol. The summed E-state index contributed by atoms with van der Waals surface area (Å²) in [6.45, 7) is 0. The number of fused-ring (bicyclic) bond motifs is 1. The molecule has 1 unspecified atom stereocenters. The molecule has 2 saturated carbocycles. The Labute approximate surface area is 209 Å². The summed E-state index contributed by atoms with van der Waals surface area (Å²) in [5.74, 6) is -0.296. The van der Waals surface area contributed by atoms with Gasteiger partial charge >= 0.3 is 5.97 Å². The van der Waals surface area contributed by atoms with E-state index in [9.17, 15) is 15.0 Å². The fourth-order valence-electron chi connectivity index (χ4n) is 5.27.